The van der Waals surface area contributed by atoms with Crippen LogP contribution in [0.2, 0.25) is 0 Å². The second-order valence-corrected chi connectivity index (χ2v) is 10.2. The third-order valence-corrected chi connectivity index (χ3v) is 6.21. The molecule has 0 saturated carbocycles. The number of rotatable bonds is 5. The summed E-state index contributed by atoms with van der Waals surface area (Å²) in [5.74, 6) is -0.707. The maximum atomic E-state index is 14.0. The Balaban J connectivity index is 1.90. The normalized spacial score (nSPS) is 12.5. The molecule has 0 aliphatic carbocycles. The molecule has 0 saturated heterocycles. The van der Waals surface area contributed by atoms with Gasteiger partial charge in [0.15, 0.2) is 26.6 Å². The zero-order valence-corrected chi connectivity index (χ0v) is 19.6. The van der Waals surface area contributed by atoms with Crippen LogP contribution in [0.3, 0.4) is 0 Å². The summed E-state index contributed by atoms with van der Waals surface area (Å²) < 4.78 is 78.0. The van der Waals surface area contributed by atoms with Gasteiger partial charge in [0.2, 0.25) is 5.89 Å². The minimum absolute atomic E-state index is 0.139. The van der Waals surface area contributed by atoms with E-state index in [2.05, 4.69) is 15.1 Å². The number of H-pyrrole nitrogens is 1. The Bertz CT molecular complexity index is 1790. The number of halogens is 3. The molecule has 0 fully saturated rings. The van der Waals surface area contributed by atoms with Crippen LogP contribution in [-0.4, -0.2) is 41.4 Å². The summed E-state index contributed by atoms with van der Waals surface area (Å²) in [6, 6.07) is 12.3. The van der Waals surface area contributed by atoms with Crippen molar-refractivity contribution >= 4 is 26.6 Å². The number of aromatic amines is 1. The average Bonchev–Trinajstić information content (AvgIpc) is 3.40. The van der Waals surface area contributed by atoms with Gasteiger partial charge in [-0.1, -0.05) is 36.4 Å². The van der Waals surface area contributed by atoms with Crippen LogP contribution in [0.15, 0.2) is 57.7 Å². The second kappa shape index (κ2) is 8.22. The largest absolute Gasteiger partial charge is 0.494 e. The predicted octanol–water partition coefficient (Wildman–Crippen LogP) is 4.07. The van der Waals surface area contributed by atoms with Gasteiger partial charge >= 0.3 is 6.18 Å². The third-order valence-electron chi connectivity index (χ3n) is 5.42. The summed E-state index contributed by atoms with van der Waals surface area (Å²) in [5.41, 5.74) is -3.04. The lowest BCUT2D eigenvalue weighted by atomic mass is 10.1. The molecule has 1 N–H and O–H groups in total. The van der Waals surface area contributed by atoms with Crippen molar-refractivity contribution in [3.05, 3.63) is 70.3 Å². The Morgan fingerprint density at radius 3 is 2.42 bits per heavy atom. The number of alkyl halides is 3. The van der Waals surface area contributed by atoms with Crippen LogP contribution in [0.25, 0.3) is 39.3 Å². The van der Waals surface area contributed by atoms with Gasteiger partial charge in [0.25, 0.3) is 5.56 Å². The van der Waals surface area contributed by atoms with Gasteiger partial charge in [0, 0.05) is 6.26 Å². The molecular weight excluding hydrogens is 501 g/mol. The molecule has 0 aliphatic heterocycles. The molecule has 3 aromatic heterocycles. The monoisotopic (exact) mass is 518 g/mol. The van der Waals surface area contributed by atoms with Crippen molar-refractivity contribution in [1.82, 2.24) is 19.6 Å². The van der Waals surface area contributed by atoms with Crippen LogP contribution >= 0.6 is 0 Å². The number of para-hydroxylation sites is 1. The molecule has 2 aromatic carbocycles. The molecule has 0 spiro atoms. The highest BCUT2D eigenvalue weighted by molar-refractivity contribution is 7.89. The topological polar surface area (TPSA) is 120 Å². The van der Waals surface area contributed by atoms with Gasteiger partial charge < -0.3 is 9.15 Å². The fraction of sp³-hybridized carbons (Fsp3) is 0.174. The zero-order chi connectivity index (χ0) is 25.8. The first kappa shape index (κ1) is 23.6. The minimum Gasteiger partial charge on any atom is -0.494 e. The van der Waals surface area contributed by atoms with Crippen LogP contribution in [0.4, 0.5) is 13.2 Å². The van der Waals surface area contributed by atoms with E-state index in [9.17, 15) is 26.4 Å². The maximum Gasteiger partial charge on any atom is 0.433 e. The maximum absolute atomic E-state index is 14.0. The van der Waals surface area contributed by atoms with E-state index in [1.807, 2.05) is 0 Å². The Morgan fingerprint density at radius 1 is 1.06 bits per heavy atom. The molecule has 5 aromatic rings. The van der Waals surface area contributed by atoms with E-state index in [0.717, 1.165) is 6.26 Å². The van der Waals surface area contributed by atoms with E-state index in [0.29, 0.717) is 10.3 Å². The van der Waals surface area contributed by atoms with Gasteiger partial charge in [-0.25, -0.2) is 18.4 Å². The van der Waals surface area contributed by atoms with Crippen LogP contribution in [0.5, 0.6) is 5.75 Å². The number of hydrogen-bond donors (Lipinski definition) is 1. The number of benzene rings is 2. The van der Waals surface area contributed by atoms with E-state index >= 15 is 0 Å². The number of nitrogens with one attached hydrogen (secondary N) is 1. The quantitative estimate of drug-likeness (QED) is 0.373. The molecule has 186 valence electrons. The van der Waals surface area contributed by atoms with Crippen molar-refractivity contribution in [3.8, 4) is 28.3 Å². The lowest BCUT2D eigenvalue weighted by Gasteiger charge is -2.08. The van der Waals surface area contributed by atoms with E-state index in [-0.39, 0.29) is 45.0 Å². The van der Waals surface area contributed by atoms with Crippen molar-refractivity contribution in [2.45, 2.75) is 11.9 Å². The van der Waals surface area contributed by atoms with Crippen LogP contribution in [-0.2, 0) is 21.8 Å². The number of fused-ring (bicyclic) bond motifs is 2. The van der Waals surface area contributed by atoms with Gasteiger partial charge in [-0.3, -0.25) is 9.89 Å². The fourth-order valence-corrected chi connectivity index (χ4v) is 4.67. The molecule has 0 radical (unpaired) electrons. The number of ether oxygens (including phenoxy) is 1. The summed E-state index contributed by atoms with van der Waals surface area (Å²) in [5, 5.41) is 2.10. The molecular formula is C23H17F3N4O5S. The molecule has 9 nitrogen and oxygen atoms in total. The molecule has 0 unspecified atom stereocenters. The summed E-state index contributed by atoms with van der Waals surface area (Å²) in [4.78, 5) is 22.1. The summed E-state index contributed by atoms with van der Waals surface area (Å²) in [6.07, 6.45) is -3.95. The molecule has 0 aliphatic rings. The van der Waals surface area contributed by atoms with E-state index < -0.39 is 33.0 Å². The lowest BCUT2D eigenvalue weighted by Crippen LogP contribution is -2.22. The zero-order valence-electron chi connectivity index (χ0n) is 18.8. The highest BCUT2D eigenvalue weighted by Gasteiger charge is 2.39. The Hall–Kier alpha value is -4.13. The molecule has 3 heterocycles. The molecule has 0 atom stereocenters. The number of sulfone groups is 1. The molecule has 5 rings (SSSR count). The Morgan fingerprint density at radius 2 is 1.78 bits per heavy atom. The molecule has 36 heavy (non-hydrogen) atoms. The van der Waals surface area contributed by atoms with Crippen molar-refractivity contribution < 1.29 is 30.7 Å². The Kier molecular flexibility index (Phi) is 5.39. The number of nitrogens with zero attached hydrogens (tertiary/aromatic N) is 3. The SMILES string of the molecule is COc1cccc2oc(-c3c(CS(C)(=O)=O)nc4c(-c5ccccc5)c(C(F)(F)F)[nH]n4c3=O)nc12. The number of oxazole rings is 1. The van der Waals surface area contributed by atoms with E-state index in [1.54, 1.807) is 24.3 Å². The fourth-order valence-electron chi connectivity index (χ4n) is 3.96. The first-order chi connectivity index (χ1) is 17.0. The van der Waals surface area contributed by atoms with Crippen LogP contribution in [0, 0.1) is 0 Å². The van der Waals surface area contributed by atoms with Crippen molar-refractivity contribution in [2.24, 2.45) is 0 Å². The van der Waals surface area contributed by atoms with E-state index in [4.69, 9.17) is 9.15 Å². The predicted molar refractivity (Wildman–Crippen MR) is 124 cm³/mol. The minimum atomic E-state index is -4.87. The lowest BCUT2D eigenvalue weighted by molar-refractivity contribution is -0.140. The summed E-state index contributed by atoms with van der Waals surface area (Å²) >= 11 is 0. The first-order valence-corrected chi connectivity index (χ1v) is 12.5. The van der Waals surface area contributed by atoms with Crippen molar-refractivity contribution in [1.29, 1.82) is 0 Å². The van der Waals surface area contributed by atoms with Crippen molar-refractivity contribution in [2.75, 3.05) is 13.4 Å². The number of aromatic nitrogens is 4. The number of hydrogen-bond acceptors (Lipinski definition) is 7. The summed E-state index contributed by atoms with van der Waals surface area (Å²) in [6.45, 7) is 0. The Labute approximate surface area is 201 Å². The van der Waals surface area contributed by atoms with Gasteiger partial charge in [-0.15, -0.1) is 0 Å². The average molecular weight is 518 g/mol. The molecule has 0 amide bonds. The molecule has 0 bridgehead atoms. The van der Waals surface area contributed by atoms with Crippen molar-refractivity contribution in [3.63, 3.8) is 0 Å². The van der Waals surface area contributed by atoms with Crippen LogP contribution in [0.1, 0.15) is 11.4 Å². The van der Waals surface area contributed by atoms with Crippen LogP contribution < -0.4 is 10.3 Å². The molecule has 13 heteroatoms. The smallest absolute Gasteiger partial charge is 0.433 e. The van der Waals surface area contributed by atoms with E-state index in [1.165, 1.54) is 31.4 Å². The van der Waals surface area contributed by atoms with Gasteiger partial charge in [0.1, 0.15) is 17.0 Å². The number of methoxy groups -OCH3 is 1. The highest BCUT2D eigenvalue weighted by Crippen LogP contribution is 2.39. The summed E-state index contributed by atoms with van der Waals surface area (Å²) in [7, 11) is -2.37. The third kappa shape index (κ3) is 4.00. The standard InChI is InChI=1S/C23H17F3N4O5S/c1-34-14-9-6-10-15-18(14)28-21(35-15)17-13(11-36(2,32)33)27-20-16(12-7-4-3-5-8-12)19(23(24,25)26)29-30(20)22(17)31/h3-10,29H,11H2,1-2H3. The van der Waals surface area contributed by atoms with Gasteiger partial charge in [0.05, 0.1) is 24.1 Å². The first-order valence-electron chi connectivity index (χ1n) is 10.4. The second-order valence-electron chi connectivity index (χ2n) is 8.02. The van der Waals surface area contributed by atoms with Gasteiger partial charge in [-0.2, -0.15) is 17.7 Å². The van der Waals surface area contributed by atoms with Gasteiger partial charge in [-0.05, 0) is 17.7 Å². The highest BCUT2D eigenvalue weighted by atomic mass is 32.2.